The predicted molar refractivity (Wildman–Crippen MR) is 86.4 cm³/mol. The Bertz CT molecular complexity index is 912. The van der Waals surface area contributed by atoms with E-state index < -0.39 is 0 Å². The van der Waals surface area contributed by atoms with E-state index in [-0.39, 0.29) is 0 Å². The molecule has 0 aliphatic rings. The van der Waals surface area contributed by atoms with Crippen LogP contribution in [0, 0.1) is 0 Å². The van der Waals surface area contributed by atoms with E-state index in [9.17, 15) is 0 Å². The summed E-state index contributed by atoms with van der Waals surface area (Å²) in [5.41, 5.74) is 9.89. The van der Waals surface area contributed by atoms with E-state index in [1.165, 1.54) is 11.8 Å². The van der Waals surface area contributed by atoms with E-state index in [1.54, 1.807) is 6.20 Å². The Hall–Kier alpha value is -2.53. The van der Waals surface area contributed by atoms with Crippen molar-refractivity contribution in [2.24, 2.45) is 0 Å². The summed E-state index contributed by atoms with van der Waals surface area (Å²) in [5, 5.41) is 1.81. The van der Waals surface area contributed by atoms with Crippen LogP contribution in [-0.2, 0) is 0 Å². The fourth-order valence-electron chi connectivity index (χ4n) is 2.33. The van der Waals surface area contributed by atoms with E-state index in [4.69, 9.17) is 5.73 Å². The zero-order chi connectivity index (χ0) is 14.2. The maximum absolute atomic E-state index is 6.26. The fraction of sp³-hybridized carbons (Fsp3) is 0. The van der Waals surface area contributed by atoms with Crippen molar-refractivity contribution in [1.82, 2.24) is 15.0 Å². The number of pyridine rings is 1. The first kappa shape index (κ1) is 12.2. The summed E-state index contributed by atoms with van der Waals surface area (Å²) in [6, 6.07) is 15.8. The number of fused-ring (bicyclic) bond motifs is 2. The second-order valence-electron chi connectivity index (χ2n) is 4.71. The van der Waals surface area contributed by atoms with Gasteiger partial charge in [0.1, 0.15) is 0 Å². The Morgan fingerprint density at radius 2 is 1.86 bits per heavy atom. The summed E-state index contributed by atoms with van der Waals surface area (Å²) in [6.07, 6.45) is 1.77. The molecule has 2 aromatic heterocycles. The number of aromatic amines is 1. The minimum absolute atomic E-state index is 0.742. The summed E-state index contributed by atoms with van der Waals surface area (Å²) in [6.45, 7) is 0. The van der Waals surface area contributed by atoms with E-state index in [1.807, 2.05) is 48.5 Å². The topological polar surface area (TPSA) is 67.6 Å². The number of rotatable bonds is 2. The molecular weight excluding hydrogens is 280 g/mol. The lowest BCUT2D eigenvalue weighted by atomic mass is 10.2. The molecule has 0 aliphatic heterocycles. The van der Waals surface area contributed by atoms with Gasteiger partial charge in [-0.2, -0.15) is 0 Å². The molecule has 0 aliphatic carbocycles. The molecule has 0 saturated carbocycles. The maximum Gasteiger partial charge on any atom is 0.171 e. The monoisotopic (exact) mass is 292 g/mol. The number of hydrogen-bond donors (Lipinski definition) is 2. The zero-order valence-electron chi connectivity index (χ0n) is 11.1. The van der Waals surface area contributed by atoms with Gasteiger partial charge in [0.2, 0.25) is 0 Å². The van der Waals surface area contributed by atoms with Crippen LogP contribution in [0.3, 0.4) is 0 Å². The molecular formula is C16H12N4S. The summed E-state index contributed by atoms with van der Waals surface area (Å²) in [5.74, 6) is 0. The molecule has 0 spiro atoms. The highest BCUT2D eigenvalue weighted by Gasteiger charge is 2.09. The number of imidazole rings is 1. The lowest BCUT2D eigenvalue weighted by Gasteiger charge is -2.06. The van der Waals surface area contributed by atoms with Gasteiger partial charge in [-0.25, -0.2) is 4.98 Å². The van der Waals surface area contributed by atoms with E-state index >= 15 is 0 Å². The Kier molecular flexibility index (Phi) is 2.79. The number of para-hydroxylation sites is 2. The fourth-order valence-corrected chi connectivity index (χ4v) is 3.20. The molecule has 4 rings (SSSR count). The molecule has 0 fully saturated rings. The normalized spacial score (nSPS) is 11.2. The first-order valence-electron chi connectivity index (χ1n) is 6.57. The average molecular weight is 292 g/mol. The van der Waals surface area contributed by atoms with Gasteiger partial charge >= 0.3 is 0 Å². The van der Waals surface area contributed by atoms with Crippen LogP contribution in [0.25, 0.3) is 21.9 Å². The van der Waals surface area contributed by atoms with Crippen molar-refractivity contribution < 1.29 is 0 Å². The van der Waals surface area contributed by atoms with Crippen molar-refractivity contribution >= 4 is 39.4 Å². The summed E-state index contributed by atoms with van der Waals surface area (Å²) < 4.78 is 0. The summed E-state index contributed by atoms with van der Waals surface area (Å²) in [7, 11) is 0. The maximum atomic E-state index is 6.26. The number of nitrogens with one attached hydrogen (secondary N) is 1. The number of hydrogen-bond acceptors (Lipinski definition) is 4. The van der Waals surface area contributed by atoms with Crippen LogP contribution in [0.5, 0.6) is 0 Å². The molecule has 0 unspecified atom stereocenters. The van der Waals surface area contributed by atoms with Gasteiger partial charge in [-0.3, -0.25) is 4.98 Å². The molecule has 0 saturated heterocycles. The van der Waals surface area contributed by atoms with Gasteiger partial charge in [0.15, 0.2) is 5.16 Å². The van der Waals surface area contributed by atoms with Gasteiger partial charge in [-0.05, 0) is 48.2 Å². The van der Waals surface area contributed by atoms with Gasteiger partial charge in [0.05, 0.1) is 22.2 Å². The number of aromatic nitrogens is 3. The zero-order valence-corrected chi connectivity index (χ0v) is 11.9. The van der Waals surface area contributed by atoms with E-state index in [0.29, 0.717) is 0 Å². The third-order valence-corrected chi connectivity index (χ3v) is 4.32. The Morgan fingerprint density at radius 3 is 2.76 bits per heavy atom. The van der Waals surface area contributed by atoms with Crippen LogP contribution in [0.4, 0.5) is 5.69 Å². The first-order valence-corrected chi connectivity index (χ1v) is 7.39. The number of benzene rings is 2. The van der Waals surface area contributed by atoms with Gasteiger partial charge < -0.3 is 10.7 Å². The molecule has 2 heterocycles. The lowest BCUT2D eigenvalue weighted by Crippen LogP contribution is -1.92. The standard InChI is InChI=1S/C16H12N4S/c17-15-10-4-3-9-18-11(10)7-8-14(15)21-16-19-12-5-1-2-6-13(12)20-16/h1-9H,17H2,(H,19,20). The number of H-pyrrole nitrogens is 1. The molecule has 4 nitrogen and oxygen atoms in total. The van der Waals surface area contributed by atoms with Gasteiger partial charge in [0.25, 0.3) is 0 Å². The number of nitrogens with two attached hydrogens (primary N) is 1. The predicted octanol–water partition coefficient (Wildman–Crippen LogP) is 3.84. The van der Waals surface area contributed by atoms with Crippen LogP contribution in [0.2, 0.25) is 0 Å². The van der Waals surface area contributed by atoms with E-state index in [0.717, 1.165) is 37.7 Å². The van der Waals surface area contributed by atoms with Crippen molar-refractivity contribution in [1.29, 1.82) is 0 Å². The minimum Gasteiger partial charge on any atom is -0.397 e. The van der Waals surface area contributed by atoms with Crippen molar-refractivity contribution in [2.45, 2.75) is 10.1 Å². The number of anilines is 1. The molecule has 0 atom stereocenters. The Labute approximate surface area is 125 Å². The minimum atomic E-state index is 0.742. The van der Waals surface area contributed by atoms with E-state index in [2.05, 4.69) is 15.0 Å². The van der Waals surface area contributed by atoms with Crippen LogP contribution in [-0.4, -0.2) is 15.0 Å². The summed E-state index contributed by atoms with van der Waals surface area (Å²) in [4.78, 5) is 13.2. The summed E-state index contributed by atoms with van der Waals surface area (Å²) >= 11 is 1.54. The molecule has 21 heavy (non-hydrogen) atoms. The second kappa shape index (κ2) is 4.79. The molecule has 2 aromatic carbocycles. The first-order chi connectivity index (χ1) is 10.3. The molecule has 0 bridgehead atoms. The third kappa shape index (κ3) is 2.11. The van der Waals surface area contributed by atoms with Crippen molar-refractivity contribution in [3.63, 3.8) is 0 Å². The highest BCUT2D eigenvalue weighted by Crippen LogP contribution is 2.35. The van der Waals surface area contributed by atoms with Crippen molar-refractivity contribution in [3.05, 3.63) is 54.7 Å². The highest BCUT2D eigenvalue weighted by atomic mass is 32.2. The highest BCUT2D eigenvalue weighted by molar-refractivity contribution is 7.99. The average Bonchev–Trinajstić information content (AvgIpc) is 2.93. The van der Waals surface area contributed by atoms with Crippen molar-refractivity contribution in [2.75, 3.05) is 5.73 Å². The number of nitrogens with zero attached hydrogens (tertiary/aromatic N) is 2. The quantitative estimate of drug-likeness (QED) is 0.551. The molecule has 102 valence electrons. The molecule has 0 amide bonds. The Balaban J connectivity index is 1.78. The van der Waals surface area contributed by atoms with Gasteiger partial charge in [-0.15, -0.1) is 0 Å². The molecule has 3 N–H and O–H groups in total. The molecule has 0 radical (unpaired) electrons. The lowest BCUT2D eigenvalue weighted by molar-refractivity contribution is 1.08. The van der Waals surface area contributed by atoms with Crippen LogP contribution >= 0.6 is 11.8 Å². The largest absolute Gasteiger partial charge is 0.397 e. The smallest absolute Gasteiger partial charge is 0.171 e. The van der Waals surface area contributed by atoms with Crippen LogP contribution in [0.1, 0.15) is 0 Å². The third-order valence-electron chi connectivity index (χ3n) is 3.36. The second-order valence-corrected chi connectivity index (χ2v) is 5.74. The SMILES string of the molecule is Nc1c(Sc2nc3ccccc3[nH]2)ccc2ncccc12. The van der Waals surface area contributed by atoms with Gasteiger partial charge in [-0.1, -0.05) is 12.1 Å². The van der Waals surface area contributed by atoms with Crippen LogP contribution < -0.4 is 5.73 Å². The van der Waals surface area contributed by atoms with Gasteiger partial charge in [0, 0.05) is 16.5 Å². The number of nitrogen functional groups attached to an aromatic ring is 1. The molecule has 4 aromatic rings. The Morgan fingerprint density at radius 1 is 0.952 bits per heavy atom. The van der Waals surface area contributed by atoms with Crippen LogP contribution in [0.15, 0.2) is 64.8 Å². The van der Waals surface area contributed by atoms with Crippen molar-refractivity contribution in [3.8, 4) is 0 Å². The molecule has 5 heteroatoms.